The molecule has 4 rings (SSSR count). The van der Waals surface area contributed by atoms with Crippen LogP contribution < -0.4 is 5.32 Å². The van der Waals surface area contributed by atoms with Crippen molar-refractivity contribution in [2.24, 2.45) is 0 Å². The summed E-state index contributed by atoms with van der Waals surface area (Å²) in [6.45, 7) is -0.0906. The lowest BCUT2D eigenvalue weighted by Crippen LogP contribution is -2.43. The molecule has 0 aliphatic heterocycles. The number of carboxylic acids is 1. The first-order chi connectivity index (χ1) is 17.1. The van der Waals surface area contributed by atoms with E-state index in [0.717, 1.165) is 28.3 Å². The van der Waals surface area contributed by atoms with E-state index in [1.165, 1.54) is 0 Å². The van der Waals surface area contributed by atoms with E-state index in [4.69, 9.17) is 4.74 Å². The Bertz CT molecular complexity index is 1300. The van der Waals surface area contributed by atoms with Crippen LogP contribution in [0.3, 0.4) is 0 Å². The molecule has 0 heterocycles. The SMILES string of the molecule is O=C(N[C@@H](Cc1ccc(C(F)(F)F)cc1[N+](=O)[O-])C(=O)O)OCC1c2ccccc2-c2ccccc21. The van der Waals surface area contributed by atoms with Crippen LogP contribution in [0.4, 0.5) is 23.7 Å². The number of aliphatic carboxylic acids is 1. The quantitative estimate of drug-likeness (QED) is 0.342. The van der Waals surface area contributed by atoms with Gasteiger partial charge in [-0.05, 0) is 28.3 Å². The summed E-state index contributed by atoms with van der Waals surface area (Å²) in [5.74, 6) is -1.81. The molecule has 0 saturated carbocycles. The van der Waals surface area contributed by atoms with Crippen LogP contribution in [0, 0.1) is 10.1 Å². The second-order valence-corrected chi connectivity index (χ2v) is 8.16. The van der Waals surface area contributed by atoms with Gasteiger partial charge in [-0.3, -0.25) is 10.1 Å². The van der Waals surface area contributed by atoms with Crippen molar-refractivity contribution in [3.05, 3.63) is 99.1 Å². The number of carboxylic acid groups (broad SMARTS) is 1. The average molecular weight is 500 g/mol. The molecule has 11 heteroatoms. The van der Waals surface area contributed by atoms with E-state index >= 15 is 0 Å². The van der Waals surface area contributed by atoms with E-state index in [9.17, 15) is 38.0 Å². The van der Waals surface area contributed by atoms with Gasteiger partial charge in [0.15, 0.2) is 0 Å². The highest BCUT2D eigenvalue weighted by Crippen LogP contribution is 2.44. The third-order valence-corrected chi connectivity index (χ3v) is 5.97. The zero-order chi connectivity index (χ0) is 26.0. The topological polar surface area (TPSA) is 119 Å². The molecule has 0 bridgehead atoms. The number of hydrogen-bond acceptors (Lipinski definition) is 5. The largest absolute Gasteiger partial charge is 0.480 e. The standard InChI is InChI=1S/C25H19F3N2O6/c26-25(27,28)15-10-9-14(22(12-15)30(34)35)11-21(23(31)32)29-24(33)36-13-20-18-7-3-1-5-16(18)17-6-2-4-8-19(17)20/h1-10,12,20-21H,11,13H2,(H,29,33)(H,31,32)/t21-/m0/s1. The molecule has 0 unspecified atom stereocenters. The highest BCUT2D eigenvalue weighted by molar-refractivity contribution is 5.81. The number of rotatable bonds is 7. The number of alkyl halides is 3. The van der Waals surface area contributed by atoms with Crippen LogP contribution in [0.25, 0.3) is 11.1 Å². The molecule has 8 nitrogen and oxygen atoms in total. The number of carbonyl (C=O) groups excluding carboxylic acids is 1. The Hall–Kier alpha value is -4.41. The lowest BCUT2D eigenvalue weighted by Gasteiger charge is -2.18. The molecular formula is C25H19F3N2O6. The molecule has 3 aromatic rings. The van der Waals surface area contributed by atoms with Gasteiger partial charge in [-0.25, -0.2) is 9.59 Å². The van der Waals surface area contributed by atoms with E-state index < -0.39 is 46.9 Å². The van der Waals surface area contributed by atoms with E-state index in [1.54, 1.807) is 0 Å². The predicted molar refractivity (Wildman–Crippen MR) is 121 cm³/mol. The summed E-state index contributed by atoms with van der Waals surface area (Å²) in [6, 6.07) is 15.3. The zero-order valence-electron chi connectivity index (χ0n) is 18.5. The number of fused-ring (bicyclic) bond motifs is 3. The van der Waals surface area contributed by atoms with E-state index in [2.05, 4.69) is 5.32 Å². The third kappa shape index (κ3) is 4.99. The number of alkyl carbamates (subject to hydrolysis) is 1. The van der Waals surface area contributed by atoms with Crippen LogP contribution in [0.1, 0.15) is 28.2 Å². The van der Waals surface area contributed by atoms with Gasteiger partial charge >= 0.3 is 18.2 Å². The second kappa shape index (κ2) is 9.68. The highest BCUT2D eigenvalue weighted by Gasteiger charge is 2.34. The molecule has 186 valence electrons. The van der Waals surface area contributed by atoms with Crippen LogP contribution in [0.5, 0.6) is 0 Å². The maximum absolute atomic E-state index is 12.9. The Morgan fingerprint density at radius 2 is 1.61 bits per heavy atom. The van der Waals surface area contributed by atoms with Gasteiger partial charge in [0.2, 0.25) is 0 Å². The number of nitro benzene ring substituents is 1. The van der Waals surface area contributed by atoms with Crippen molar-refractivity contribution in [1.82, 2.24) is 5.32 Å². The predicted octanol–water partition coefficient (Wildman–Crippen LogP) is 5.15. The van der Waals surface area contributed by atoms with Crippen molar-refractivity contribution in [3.63, 3.8) is 0 Å². The molecular weight excluding hydrogens is 481 g/mol. The summed E-state index contributed by atoms with van der Waals surface area (Å²) in [7, 11) is 0. The van der Waals surface area contributed by atoms with Gasteiger partial charge in [0, 0.05) is 24.0 Å². The Morgan fingerprint density at radius 1 is 1.03 bits per heavy atom. The Kier molecular flexibility index (Phi) is 6.65. The van der Waals surface area contributed by atoms with Crippen molar-refractivity contribution in [2.75, 3.05) is 6.61 Å². The molecule has 2 N–H and O–H groups in total. The fraction of sp³-hybridized carbons (Fsp3) is 0.200. The van der Waals surface area contributed by atoms with Gasteiger partial charge < -0.3 is 15.2 Å². The summed E-state index contributed by atoms with van der Waals surface area (Å²) in [6.07, 6.45) is -6.50. The molecule has 1 amide bonds. The Balaban J connectivity index is 1.47. The molecule has 0 fully saturated rings. The lowest BCUT2D eigenvalue weighted by atomic mass is 9.98. The molecule has 1 aliphatic carbocycles. The number of amides is 1. The number of carbonyl (C=O) groups is 2. The first-order valence-corrected chi connectivity index (χ1v) is 10.7. The molecule has 1 atom stereocenters. The molecule has 1 aliphatic rings. The van der Waals surface area contributed by atoms with Gasteiger partial charge in [0.05, 0.1) is 10.5 Å². The van der Waals surface area contributed by atoms with Crippen LogP contribution in [0.2, 0.25) is 0 Å². The van der Waals surface area contributed by atoms with Gasteiger partial charge in [-0.1, -0.05) is 54.6 Å². The van der Waals surface area contributed by atoms with Crippen molar-refractivity contribution in [3.8, 4) is 11.1 Å². The normalized spacial score (nSPS) is 13.4. The molecule has 0 aromatic heterocycles. The van der Waals surface area contributed by atoms with E-state index in [1.807, 2.05) is 48.5 Å². The van der Waals surface area contributed by atoms with Gasteiger partial charge in [0.1, 0.15) is 12.6 Å². The molecule has 0 radical (unpaired) electrons. The lowest BCUT2D eigenvalue weighted by molar-refractivity contribution is -0.385. The fourth-order valence-corrected chi connectivity index (χ4v) is 4.29. The van der Waals surface area contributed by atoms with Crippen molar-refractivity contribution < 1.29 is 37.5 Å². The van der Waals surface area contributed by atoms with Gasteiger partial charge in [0.25, 0.3) is 5.69 Å². The smallest absolute Gasteiger partial charge is 0.416 e. The monoisotopic (exact) mass is 500 g/mol. The van der Waals surface area contributed by atoms with E-state index in [0.29, 0.717) is 12.1 Å². The first-order valence-electron chi connectivity index (χ1n) is 10.7. The maximum atomic E-state index is 12.9. The average Bonchev–Trinajstić information content (AvgIpc) is 3.15. The van der Waals surface area contributed by atoms with Crippen LogP contribution in [-0.4, -0.2) is 34.7 Å². The highest BCUT2D eigenvalue weighted by atomic mass is 19.4. The van der Waals surface area contributed by atoms with Crippen molar-refractivity contribution in [1.29, 1.82) is 0 Å². The Morgan fingerprint density at radius 3 is 2.14 bits per heavy atom. The number of nitro groups is 1. The summed E-state index contributed by atoms with van der Waals surface area (Å²) in [5, 5.41) is 23.0. The van der Waals surface area contributed by atoms with Gasteiger partial charge in [-0.15, -0.1) is 0 Å². The summed E-state index contributed by atoms with van der Waals surface area (Å²) < 4.78 is 44.1. The number of hydrogen-bond donors (Lipinski definition) is 2. The summed E-state index contributed by atoms with van der Waals surface area (Å²) >= 11 is 0. The van der Waals surface area contributed by atoms with E-state index in [-0.39, 0.29) is 18.1 Å². The molecule has 0 saturated heterocycles. The van der Waals surface area contributed by atoms with Crippen LogP contribution in [-0.2, 0) is 22.1 Å². The van der Waals surface area contributed by atoms with Crippen molar-refractivity contribution >= 4 is 17.7 Å². The molecule has 0 spiro atoms. The number of nitrogens with zero attached hydrogens (tertiary/aromatic N) is 1. The summed E-state index contributed by atoms with van der Waals surface area (Å²) in [4.78, 5) is 34.4. The number of benzene rings is 3. The molecule has 36 heavy (non-hydrogen) atoms. The minimum absolute atomic E-state index is 0.0906. The molecule has 3 aromatic carbocycles. The number of halogens is 3. The minimum Gasteiger partial charge on any atom is -0.480 e. The number of nitrogens with one attached hydrogen (secondary N) is 1. The zero-order valence-corrected chi connectivity index (χ0v) is 18.5. The van der Waals surface area contributed by atoms with Gasteiger partial charge in [-0.2, -0.15) is 13.2 Å². The first kappa shape index (κ1) is 24.7. The summed E-state index contributed by atoms with van der Waals surface area (Å²) in [5.41, 5.74) is 1.47. The second-order valence-electron chi connectivity index (χ2n) is 8.16. The Labute approximate surface area is 202 Å². The van der Waals surface area contributed by atoms with Crippen molar-refractivity contribution in [2.45, 2.75) is 24.6 Å². The minimum atomic E-state index is -4.81. The fourth-order valence-electron chi connectivity index (χ4n) is 4.29. The van der Waals surface area contributed by atoms with Crippen LogP contribution >= 0.6 is 0 Å². The number of ether oxygens (including phenoxy) is 1. The van der Waals surface area contributed by atoms with Crippen LogP contribution in [0.15, 0.2) is 66.7 Å². The third-order valence-electron chi connectivity index (χ3n) is 5.97. The maximum Gasteiger partial charge on any atom is 0.416 e.